The molecule has 21 heavy (non-hydrogen) atoms. The van der Waals surface area contributed by atoms with Crippen LogP contribution >= 0.6 is 15.9 Å². The fourth-order valence-corrected chi connectivity index (χ4v) is 2.19. The Hall–Kier alpha value is -1.94. The summed E-state index contributed by atoms with van der Waals surface area (Å²) < 4.78 is 19.2. The van der Waals surface area contributed by atoms with E-state index in [1.165, 1.54) is 30.3 Å². The lowest BCUT2D eigenvalue weighted by Crippen LogP contribution is -1.96. The van der Waals surface area contributed by atoms with E-state index in [0.717, 1.165) is 10.0 Å². The van der Waals surface area contributed by atoms with Gasteiger partial charge in [0, 0.05) is 15.6 Å². The van der Waals surface area contributed by atoms with Crippen molar-refractivity contribution in [1.82, 2.24) is 0 Å². The predicted octanol–water partition coefficient (Wildman–Crippen LogP) is 4.88. The zero-order chi connectivity index (χ0) is 15.2. The highest BCUT2D eigenvalue weighted by molar-refractivity contribution is 9.10. The molecular formula is C17H14BrFO2. The van der Waals surface area contributed by atoms with Crippen LogP contribution in [0.1, 0.15) is 22.8 Å². The Kier molecular flexibility index (Phi) is 5.28. The van der Waals surface area contributed by atoms with E-state index in [1.54, 1.807) is 6.08 Å². The van der Waals surface area contributed by atoms with Gasteiger partial charge in [-0.05, 0) is 61.5 Å². The summed E-state index contributed by atoms with van der Waals surface area (Å²) in [5, 5.41) is 0. The number of hydrogen-bond acceptors (Lipinski definition) is 2. The van der Waals surface area contributed by atoms with E-state index in [2.05, 4.69) is 15.9 Å². The Morgan fingerprint density at radius 2 is 1.95 bits per heavy atom. The Labute approximate surface area is 131 Å². The minimum absolute atomic E-state index is 0.183. The van der Waals surface area contributed by atoms with Crippen molar-refractivity contribution in [3.05, 3.63) is 70.0 Å². The van der Waals surface area contributed by atoms with Crippen LogP contribution in [0.3, 0.4) is 0 Å². The van der Waals surface area contributed by atoms with Crippen LogP contribution in [0.4, 0.5) is 4.39 Å². The second-order valence-electron chi connectivity index (χ2n) is 4.32. The summed E-state index contributed by atoms with van der Waals surface area (Å²) in [6, 6.07) is 11.1. The van der Waals surface area contributed by atoms with Crippen molar-refractivity contribution in [3.63, 3.8) is 0 Å². The highest BCUT2D eigenvalue weighted by Gasteiger charge is 2.04. The molecule has 0 unspecified atom stereocenters. The molecular weight excluding hydrogens is 335 g/mol. The number of ketones is 1. The number of ether oxygens (including phenoxy) is 1. The van der Waals surface area contributed by atoms with E-state index in [-0.39, 0.29) is 11.6 Å². The van der Waals surface area contributed by atoms with Crippen molar-refractivity contribution in [2.45, 2.75) is 6.92 Å². The van der Waals surface area contributed by atoms with Crippen molar-refractivity contribution in [1.29, 1.82) is 0 Å². The maximum absolute atomic E-state index is 12.8. The predicted molar refractivity (Wildman–Crippen MR) is 85.1 cm³/mol. The van der Waals surface area contributed by atoms with Gasteiger partial charge in [-0.15, -0.1) is 0 Å². The first-order valence-electron chi connectivity index (χ1n) is 6.50. The molecule has 2 aromatic carbocycles. The smallest absolute Gasteiger partial charge is 0.185 e. The van der Waals surface area contributed by atoms with Crippen LogP contribution in [-0.2, 0) is 0 Å². The minimum atomic E-state index is -0.360. The Morgan fingerprint density at radius 3 is 2.62 bits per heavy atom. The molecule has 0 fully saturated rings. The molecule has 0 atom stereocenters. The molecule has 4 heteroatoms. The van der Waals surface area contributed by atoms with E-state index in [0.29, 0.717) is 17.9 Å². The maximum atomic E-state index is 12.8. The average molecular weight is 349 g/mol. The summed E-state index contributed by atoms with van der Waals surface area (Å²) in [7, 11) is 0. The summed E-state index contributed by atoms with van der Waals surface area (Å²) in [5.74, 6) is 0.169. The summed E-state index contributed by atoms with van der Waals surface area (Å²) >= 11 is 3.39. The molecule has 0 aliphatic carbocycles. The number of carbonyl (C=O) groups is 1. The van der Waals surface area contributed by atoms with Crippen LogP contribution in [0.2, 0.25) is 0 Å². The molecule has 0 heterocycles. The second kappa shape index (κ2) is 7.18. The lowest BCUT2D eigenvalue weighted by Gasteiger charge is -2.07. The Morgan fingerprint density at radius 1 is 1.24 bits per heavy atom. The number of allylic oxidation sites excluding steroid dienone is 1. The van der Waals surface area contributed by atoms with E-state index >= 15 is 0 Å². The van der Waals surface area contributed by atoms with Crippen molar-refractivity contribution < 1.29 is 13.9 Å². The van der Waals surface area contributed by atoms with Gasteiger partial charge in [-0.3, -0.25) is 4.79 Å². The minimum Gasteiger partial charge on any atom is -0.493 e. The van der Waals surface area contributed by atoms with Crippen LogP contribution in [0.15, 0.2) is 53.0 Å². The first-order valence-corrected chi connectivity index (χ1v) is 7.30. The molecule has 0 aliphatic heterocycles. The summed E-state index contributed by atoms with van der Waals surface area (Å²) in [5.41, 5.74) is 1.25. The molecule has 2 rings (SSSR count). The number of carbonyl (C=O) groups excluding carboxylic acids is 1. The van der Waals surface area contributed by atoms with Gasteiger partial charge in [0.1, 0.15) is 11.6 Å². The molecule has 0 bridgehead atoms. The van der Waals surface area contributed by atoms with Crippen molar-refractivity contribution in [2.75, 3.05) is 6.61 Å². The van der Waals surface area contributed by atoms with E-state index in [1.807, 2.05) is 25.1 Å². The number of benzene rings is 2. The Balaban J connectivity index is 2.22. The molecule has 0 N–H and O–H groups in total. The molecule has 108 valence electrons. The third kappa shape index (κ3) is 4.26. The molecule has 0 spiro atoms. The second-order valence-corrected chi connectivity index (χ2v) is 5.24. The van der Waals surface area contributed by atoms with E-state index in [4.69, 9.17) is 4.74 Å². The fraction of sp³-hybridized carbons (Fsp3) is 0.118. The summed E-state index contributed by atoms with van der Waals surface area (Å²) in [6.07, 6.45) is 3.15. The van der Waals surface area contributed by atoms with Gasteiger partial charge >= 0.3 is 0 Å². The van der Waals surface area contributed by atoms with Crippen LogP contribution in [-0.4, -0.2) is 12.4 Å². The van der Waals surface area contributed by atoms with Crippen molar-refractivity contribution in [3.8, 4) is 5.75 Å². The maximum Gasteiger partial charge on any atom is 0.185 e. The van der Waals surface area contributed by atoms with Gasteiger partial charge in [0.05, 0.1) is 6.61 Å². The van der Waals surface area contributed by atoms with Gasteiger partial charge < -0.3 is 4.74 Å². The SMILES string of the molecule is CCOc1ccc(Br)cc1/C=C/C(=O)c1ccc(F)cc1. The molecule has 2 nitrogen and oxygen atoms in total. The molecule has 0 saturated carbocycles. The first-order chi connectivity index (χ1) is 10.1. The normalized spacial score (nSPS) is 10.8. The zero-order valence-electron chi connectivity index (χ0n) is 11.5. The monoisotopic (exact) mass is 348 g/mol. The van der Waals surface area contributed by atoms with Gasteiger partial charge in [0.15, 0.2) is 5.78 Å². The number of halogens is 2. The average Bonchev–Trinajstić information content (AvgIpc) is 2.48. The van der Waals surface area contributed by atoms with Gasteiger partial charge in [0.25, 0.3) is 0 Å². The van der Waals surface area contributed by atoms with Crippen LogP contribution < -0.4 is 4.74 Å². The highest BCUT2D eigenvalue weighted by Crippen LogP contribution is 2.24. The molecule has 2 aromatic rings. The first kappa shape index (κ1) is 15.4. The zero-order valence-corrected chi connectivity index (χ0v) is 13.1. The Bertz CT molecular complexity index is 663. The van der Waals surface area contributed by atoms with Gasteiger partial charge in [-0.25, -0.2) is 4.39 Å². The third-order valence-corrected chi connectivity index (χ3v) is 3.31. The van der Waals surface area contributed by atoms with Crippen LogP contribution in [0, 0.1) is 5.82 Å². The number of rotatable bonds is 5. The van der Waals surface area contributed by atoms with Crippen molar-refractivity contribution >= 4 is 27.8 Å². The molecule has 0 saturated heterocycles. The third-order valence-electron chi connectivity index (χ3n) is 2.81. The molecule has 0 amide bonds. The largest absolute Gasteiger partial charge is 0.493 e. The van der Waals surface area contributed by atoms with Crippen LogP contribution in [0.25, 0.3) is 6.08 Å². The summed E-state index contributed by atoms with van der Waals surface area (Å²) in [6.45, 7) is 2.45. The van der Waals surface area contributed by atoms with Gasteiger partial charge in [0.2, 0.25) is 0 Å². The van der Waals surface area contributed by atoms with Crippen LogP contribution in [0.5, 0.6) is 5.75 Å². The van der Waals surface area contributed by atoms with E-state index < -0.39 is 0 Å². The standard InChI is InChI=1S/C17H14BrFO2/c1-2-21-17-10-6-14(18)11-13(17)5-9-16(20)12-3-7-15(19)8-4-12/h3-11H,2H2,1H3/b9-5+. The molecule has 0 aromatic heterocycles. The quantitative estimate of drug-likeness (QED) is 0.568. The fourth-order valence-electron chi connectivity index (χ4n) is 1.81. The lowest BCUT2D eigenvalue weighted by atomic mass is 10.1. The number of hydrogen-bond donors (Lipinski definition) is 0. The molecule has 0 aliphatic rings. The van der Waals surface area contributed by atoms with E-state index in [9.17, 15) is 9.18 Å². The lowest BCUT2D eigenvalue weighted by molar-refractivity contribution is 0.104. The highest BCUT2D eigenvalue weighted by atomic mass is 79.9. The van der Waals surface area contributed by atoms with Gasteiger partial charge in [-0.2, -0.15) is 0 Å². The molecule has 0 radical (unpaired) electrons. The topological polar surface area (TPSA) is 26.3 Å². The van der Waals surface area contributed by atoms with Gasteiger partial charge in [-0.1, -0.05) is 15.9 Å². The summed E-state index contributed by atoms with van der Waals surface area (Å²) in [4.78, 5) is 12.0. The van der Waals surface area contributed by atoms with Crippen molar-refractivity contribution in [2.24, 2.45) is 0 Å².